The van der Waals surface area contributed by atoms with E-state index in [1.165, 1.54) is 0 Å². The first-order valence-corrected chi connectivity index (χ1v) is 9.71. The maximum Gasteiger partial charge on any atom is 0.243 e. The van der Waals surface area contributed by atoms with Crippen molar-refractivity contribution in [2.24, 2.45) is 0 Å². The Labute approximate surface area is 138 Å². The lowest BCUT2D eigenvalue weighted by Gasteiger charge is -2.31. The van der Waals surface area contributed by atoms with Crippen LogP contribution in [-0.2, 0) is 10.0 Å². The van der Waals surface area contributed by atoms with Crippen molar-refractivity contribution >= 4 is 10.0 Å². The molecule has 0 bridgehead atoms. The van der Waals surface area contributed by atoms with Gasteiger partial charge in [-0.3, -0.25) is 0 Å². The third-order valence-electron chi connectivity index (χ3n) is 4.47. The molecule has 1 aromatic rings. The summed E-state index contributed by atoms with van der Waals surface area (Å²) in [5, 5.41) is 1.92. The molecule has 0 amide bonds. The highest BCUT2D eigenvalue weighted by molar-refractivity contribution is 7.89. The van der Waals surface area contributed by atoms with Crippen LogP contribution in [-0.4, -0.2) is 69.0 Å². The molecule has 0 aliphatic carbocycles. The van der Waals surface area contributed by atoms with E-state index in [1.807, 2.05) is 5.06 Å². The Kier molecular flexibility index (Phi) is 5.21. The first-order chi connectivity index (χ1) is 11.1. The van der Waals surface area contributed by atoms with Crippen molar-refractivity contribution in [1.82, 2.24) is 14.3 Å². The van der Waals surface area contributed by atoms with Gasteiger partial charge in [-0.2, -0.15) is 4.31 Å². The monoisotopic (exact) mass is 339 g/mol. The number of piperazine rings is 1. The maximum atomic E-state index is 12.6. The molecular weight excluding hydrogens is 314 g/mol. The summed E-state index contributed by atoms with van der Waals surface area (Å²) in [5.41, 5.74) is 0. The van der Waals surface area contributed by atoms with Gasteiger partial charge in [0.1, 0.15) is 5.75 Å². The van der Waals surface area contributed by atoms with Crippen LogP contribution in [0.4, 0.5) is 0 Å². The van der Waals surface area contributed by atoms with E-state index in [4.69, 9.17) is 4.84 Å². The van der Waals surface area contributed by atoms with Gasteiger partial charge in [0.15, 0.2) is 0 Å². The first-order valence-electron chi connectivity index (χ1n) is 8.27. The zero-order valence-corrected chi connectivity index (χ0v) is 14.5. The number of hydroxylamine groups is 2. The molecule has 1 aromatic carbocycles. The Morgan fingerprint density at radius 2 is 1.48 bits per heavy atom. The van der Waals surface area contributed by atoms with Crippen molar-refractivity contribution < 1.29 is 13.3 Å². The van der Waals surface area contributed by atoms with Crippen molar-refractivity contribution in [2.75, 3.05) is 46.3 Å². The molecule has 2 aliphatic rings. The molecule has 2 heterocycles. The molecule has 0 radical (unpaired) electrons. The fourth-order valence-corrected chi connectivity index (χ4v) is 4.47. The van der Waals surface area contributed by atoms with Crippen molar-refractivity contribution in [3.63, 3.8) is 0 Å². The van der Waals surface area contributed by atoms with Gasteiger partial charge in [-0.1, -0.05) is 6.42 Å². The summed E-state index contributed by atoms with van der Waals surface area (Å²) in [6, 6.07) is 6.79. The molecule has 2 aliphatic heterocycles. The minimum atomic E-state index is -3.36. The number of hydrogen-bond acceptors (Lipinski definition) is 5. The van der Waals surface area contributed by atoms with Crippen molar-refractivity contribution in [3.05, 3.63) is 24.3 Å². The van der Waals surface area contributed by atoms with E-state index in [9.17, 15) is 8.42 Å². The number of likely N-dealkylation sites (N-methyl/N-ethyl adjacent to an activating group) is 1. The molecule has 0 spiro atoms. The summed E-state index contributed by atoms with van der Waals surface area (Å²) >= 11 is 0. The molecule has 6 nitrogen and oxygen atoms in total. The van der Waals surface area contributed by atoms with E-state index >= 15 is 0 Å². The molecule has 0 saturated carbocycles. The van der Waals surface area contributed by atoms with Gasteiger partial charge in [-0.15, -0.1) is 5.06 Å². The van der Waals surface area contributed by atoms with E-state index < -0.39 is 10.0 Å². The molecule has 0 atom stereocenters. The molecule has 2 saturated heterocycles. The highest BCUT2D eigenvalue weighted by Gasteiger charge is 2.26. The second-order valence-electron chi connectivity index (χ2n) is 6.26. The fourth-order valence-electron chi connectivity index (χ4n) is 2.96. The third kappa shape index (κ3) is 4.03. The van der Waals surface area contributed by atoms with Crippen LogP contribution in [0, 0.1) is 0 Å². The van der Waals surface area contributed by atoms with E-state index in [0.29, 0.717) is 23.7 Å². The quantitative estimate of drug-likeness (QED) is 0.830. The Morgan fingerprint density at radius 3 is 2.09 bits per heavy atom. The van der Waals surface area contributed by atoms with Gasteiger partial charge in [0.25, 0.3) is 0 Å². The SMILES string of the molecule is CN1CCN(Oc2ccc(S(=O)(=O)N3CCCCC3)cc2)CC1. The van der Waals surface area contributed by atoms with Crippen LogP contribution < -0.4 is 4.84 Å². The second-order valence-corrected chi connectivity index (χ2v) is 8.20. The third-order valence-corrected chi connectivity index (χ3v) is 6.39. The lowest BCUT2D eigenvalue weighted by Crippen LogP contribution is -2.45. The average molecular weight is 339 g/mol. The number of rotatable bonds is 4. The van der Waals surface area contributed by atoms with E-state index in [0.717, 1.165) is 45.4 Å². The number of sulfonamides is 1. The maximum absolute atomic E-state index is 12.6. The summed E-state index contributed by atoms with van der Waals surface area (Å²) in [7, 11) is -1.27. The van der Waals surface area contributed by atoms with Gasteiger partial charge < -0.3 is 9.74 Å². The Balaban J connectivity index is 1.64. The molecule has 128 valence electrons. The molecule has 0 N–H and O–H groups in total. The van der Waals surface area contributed by atoms with Crippen LogP contribution in [0.1, 0.15) is 19.3 Å². The van der Waals surface area contributed by atoms with E-state index in [2.05, 4.69) is 11.9 Å². The highest BCUT2D eigenvalue weighted by Crippen LogP contribution is 2.23. The lowest BCUT2D eigenvalue weighted by molar-refractivity contribution is -0.0849. The van der Waals surface area contributed by atoms with Crippen LogP contribution >= 0.6 is 0 Å². The molecule has 2 fully saturated rings. The summed E-state index contributed by atoms with van der Waals surface area (Å²) in [4.78, 5) is 8.43. The molecule has 7 heteroatoms. The average Bonchev–Trinajstić information content (AvgIpc) is 2.58. The number of benzene rings is 1. The smallest absolute Gasteiger partial charge is 0.243 e. The summed E-state index contributed by atoms with van der Waals surface area (Å²) in [5.74, 6) is 0.687. The number of nitrogens with zero attached hydrogens (tertiary/aromatic N) is 3. The van der Waals surface area contributed by atoms with Crippen molar-refractivity contribution in [1.29, 1.82) is 0 Å². The number of hydrogen-bond donors (Lipinski definition) is 0. The second kappa shape index (κ2) is 7.17. The van der Waals surface area contributed by atoms with Gasteiger partial charge in [-0.05, 0) is 44.2 Å². The summed E-state index contributed by atoms with van der Waals surface area (Å²) < 4.78 is 26.8. The minimum Gasteiger partial charge on any atom is -0.406 e. The largest absolute Gasteiger partial charge is 0.406 e. The Morgan fingerprint density at radius 1 is 0.870 bits per heavy atom. The van der Waals surface area contributed by atoms with Gasteiger partial charge in [-0.25, -0.2) is 8.42 Å². The van der Waals surface area contributed by atoms with Crippen LogP contribution in [0.2, 0.25) is 0 Å². The number of piperidine rings is 1. The van der Waals surface area contributed by atoms with Crippen molar-refractivity contribution in [2.45, 2.75) is 24.2 Å². The Hall–Kier alpha value is -1.15. The predicted molar refractivity (Wildman–Crippen MR) is 88.7 cm³/mol. The standard InChI is InChI=1S/C16H25N3O3S/c1-17-11-13-18(14-12-17)22-15-5-7-16(8-6-15)23(20,21)19-9-3-2-4-10-19/h5-8H,2-4,9-14H2,1H3. The molecule has 23 heavy (non-hydrogen) atoms. The van der Waals surface area contributed by atoms with E-state index in [-0.39, 0.29) is 0 Å². The van der Waals surface area contributed by atoms with Crippen LogP contribution in [0.25, 0.3) is 0 Å². The topological polar surface area (TPSA) is 53.1 Å². The van der Waals surface area contributed by atoms with Crippen LogP contribution in [0.15, 0.2) is 29.2 Å². The lowest BCUT2D eigenvalue weighted by atomic mass is 10.2. The van der Waals surface area contributed by atoms with Gasteiger partial charge in [0.05, 0.1) is 4.90 Å². The molecule has 0 unspecified atom stereocenters. The minimum absolute atomic E-state index is 0.352. The van der Waals surface area contributed by atoms with Gasteiger partial charge in [0, 0.05) is 39.3 Å². The summed E-state index contributed by atoms with van der Waals surface area (Å²) in [6.45, 7) is 4.90. The normalized spacial score (nSPS) is 22.1. The highest BCUT2D eigenvalue weighted by atomic mass is 32.2. The van der Waals surface area contributed by atoms with Crippen LogP contribution in [0.3, 0.4) is 0 Å². The molecular formula is C16H25N3O3S. The predicted octanol–water partition coefficient (Wildman–Crippen LogP) is 1.40. The fraction of sp³-hybridized carbons (Fsp3) is 0.625. The van der Waals surface area contributed by atoms with E-state index in [1.54, 1.807) is 28.6 Å². The zero-order chi connectivity index (χ0) is 16.3. The van der Waals surface area contributed by atoms with Gasteiger partial charge in [0.2, 0.25) is 10.0 Å². The first kappa shape index (κ1) is 16.7. The zero-order valence-electron chi connectivity index (χ0n) is 13.6. The summed E-state index contributed by atoms with van der Waals surface area (Å²) in [6.07, 6.45) is 3.01. The van der Waals surface area contributed by atoms with Crippen molar-refractivity contribution in [3.8, 4) is 5.75 Å². The Bertz CT molecular complexity index is 604. The van der Waals surface area contributed by atoms with Crippen LogP contribution in [0.5, 0.6) is 5.75 Å². The molecule has 0 aromatic heterocycles. The molecule has 3 rings (SSSR count). The van der Waals surface area contributed by atoms with Gasteiger partial charge >= 0.3 is 0 Å².